The summed E-state index contributed by atoms with van der Waals surface area (Å²) in [7, 11) is 0. The van der Waals surface area contributed by atoms with Gasteiger partial charge in [0.1, 0.15) is 0 Å². The molecule has 1 aromatic carbocycles. The van der Waals surface area contributed by atoms with Crippen molar-refractivity contribution in [2.24, 2.45) is 0 Å². The van der Waals surface area contributed by atoms with E-state index in [2.05, 4.69) is 10.6 Å². The Labute approximate surface area is 128 Å². The number of amides is 1. The Morgan fingerprint density at radius 1 is 1.45 bits per heavy atom. The second-order valence-electron chi connectivity index (χ2n) is 4.83. The van der Waals surface area contributed by atoms with Crippen molar-refractivity contribution in [2.45, 2.75) is 18.9 Å². The lowest BCUT2D eigenvalue weighted by Gasteiger charge is -2.25. The fourth-order valence-corrected chi connectivity index (χ4v) is 2.62. The van der Waals surface area contributed by atoms with E-state index >= 15 is 0 Å². The monoisotopic (exact) mass is 316 g/mol. The third kappa shape index (κ3) is 4.09. The molecule has 4 nitrogen and oxygen atoms in total. The van der Waals surface area contributed by atoms with Gasteiger partial charge in [-0.15, -0.1) is 0 Å². The molecule has 0 aliphatic carbocycles. The normalized spacial score (nSPS) is 23.1. The molecule has 0 spiro atoms. The van der Waals surface area contributed by atoms with E-state index in [0.717, 1.165) is 18.7 Å². The Morgan fingerprint density at radius 2 is 2.25 bits per heavy atom. The SMILES string of the molecule is CC(=O)NCC1OCCNCC1c1ccc(Cl)c(Cl)c1. The van der Waals surface area contributed by atoms with E-state index in [9.17, 15) is 4.79 Å². The Morgan fingerprint density at radius 3 is 2.95 bits per heavy atom. The summed E-state index contributed by atoms with van der Waals surface area (Å²) >= 11 is 12.0. The summed E-state index contributed by atoms with van der Waals surface area (Å²) < 4.78 is 5.84. The van der Waals surface area contributed by atoms with E-state index in [-0.39, 0.29) is 17.9 Å². The first-order valence-corrected chi connectivity index (χ1v) is 7.35. The third-order valence-electron chi connectivity index (χ3n) is 3.35. The van der Waals surface area contributed by atoms with Gasteiger partial charge in [-0.25, -0.2) is 0 Å². The predicted octanol–water partition coefficient (Wildman–Crippen LogP) is 2.20. The minimum absolute atomic E-state index is 0.0568. The zero-order chi connectivity index (χ0) is 14.5. The molecule has 2 rings (SSSR count). The first-order valence-electron chi connectivity index (χ1n) is 6.59. The molecule has 0 saturated carbocycles. The van der Waals surface area contributed by atoms with Crippen LogP contribution in [0, 0.1) is 0 Å². The molecule has 1 aliphatic rings. The van der Waals surface area contributed by atoms with E-state index in [4.69, 9.17) is 27.9 Å². The van der Waals surface area contributed by atoms with Crippen LogP contribution in [-0.4, -0.2) is 38.3 Å². The molecule has 110 valence electrons. The summed E-state index contributed by atoms with van der Waals surface area (Å²) in [6.07, 6.45) is -0.0776. The summed E-state index contributed by atoms with van der Waals surface area (Å²) in [6.45, 7) is 4.20. The molecule has 1 aromatic rings. The molecule has 6 heteroatoms. The predicted molar refractivity (Wildman–Crippen MR) is 80.5 cm³/mol. The molecule has 0 bridgehead atoms. The van der Waals surface area contributed by atoms with Crippen molar-refractivity contribution in [3.05, 3.63) is 33.8 Å². The van der Waals surface area contributed by atoms with Crippen LogP contribution in [0.2, 0.25) is 10.0 Å². The average molecular weight is 317 g/mol. The van der Waals surface area contributed by atoms with Gasteiger partial charge in [-0.2, -0.15) is 0 Å². The quantitative estimate of drug-likeness (QED) is 0.899. The summed E-state index contributed by atoms with van der Waals surface area (Å²) in [4.78, 5) is 11.1. The number of rotatable bonds is 3. The first-order chi connectivity index (χ1) is 9.58. The average Bonchev–Trinajstić information content (AvgIpc) is 2.65. The number of hydrogen-bond donors (Lipinski definition) is 2. The fraction of sp³-hybridized carbons (Fsp3) is 0.500. The van der Waals surface area contributed by atoms with Crippen LogP contribution in [-0.2, 0) is 9.53 Å². The Bertz CT molecular complexity index is 482. The van der Waals surface area contributed by atoms with Gasteiger partial charge >= 0.3 is 0 Å². The zero-order valence-corrected chi connectivity index (χ0v) is 12.8. The number of hydrogen-bond acceptors (Lipinski definition) is 3. The number of halogens is 2. The van der Waals surface area contributed by atoms with Crippen molar-refractivity contribution < 1.29 is 9.53 Å². The summed E-state index contributed by atoms with van der Waals surface area (Å²) in [5.41, 5.74) is 1.06. The molecule has 1 fully saturated rings. The van der Waals surface area contributed by atoms with E-state index in [1.54, 1.807) is 6.07 Å². The van der Waals surface area contributed by atoms with Crippen LogP contribution in [0.3, 0.4) is 0 Å². The smallest absolute Gasteiger partial charge is 0.216 e. The molecule has 2 atom stereocenters. The summed E-state index contributed by atoms with van der Waals surface area (Å²) in [6, 6.07) is 5.61. The number of ether oxygens (including phenoxy) is 1. The van der Waals surface area contributed by atoms with E-state index < -0.39 is 0 Å². The van der Waals surface area contributed by atoms with Gasteiger partial charge in [0, 0.05) is 32.5 Å². The molecular formula is C14H18Cl2N2O2. The highest BCUT2D eigenvalue weighted by Gasteiger charge is 2.26. The van der Waals surface area contributed by atoms with E-state index in [1.165, 1.54) is 6.92 Å². The van der Waals surface area contributed by atoms with Crippen LogP contribution in [0.15, 0.2) is 18.2 Å². The topological polar surface area (TPSA) is 50.4 Å². The molecule has 1 heterocycles. The number of carbonyl (C=O) groups is 1. The maximum atomic E-state index is 11.1. The van der Waals surface area contributed by atoms with Gasteiger partial charge in [-0.1, -0.05) is 29.3 Å². The molecular weight excluding hydrogens is 299 g/mol. The van der Waals surface area contributed by atoms with Crippen LogP contribution in [0.5, 0.6) is 0 Å². The Kier molecular flexibility index (Phi) is 5.66. The van der Waals surface area contributed by atoms with Crippen LogP contribution < -0.4 is 10.6 Å². The lowest BCUT2D eigenvalue weighted by atomic mass is 9.93. The number of nitrogens with one attached hydrogen (secondary N) is 2. The third-order valence-corrected chi connectivity index (χ3v) is 4.09. The molecule has 1 saturated heterocycles. The number of carbonyl (C=O) groups excluding carboxylic acids is 1. The minimum Gasteiger partial charge on any atom is -0.374 e. The van der Waals surface area contributed by atoms with Crippen molar-refractivity contribution in [1.29, 1.82) is 0 Å². The van der Waals surface area contributed by atoms with Gasteiger partial charge in [0.2, 0.25) is 5.91 Å². The Balaban J connectivity index is 2.18. The highest BCUT2D eigenvalue weighted by molar-refractivity contribution is 6.42. The zero-order valence-electron chi connectivity index (χ0n) is 11.3. The molecule has 0 aromatic heterocycles. The summed E-state index contributed by atoms with van der Waals surface area (Å²) in [5, 5.41) is 7.22. The standard InChI is InChI=1S/C14H18Cl2N2O2/c1-9(19)18-8-14-11(7-17-4-5-20-14)10-2-3-12(15)13(16)6-10/h2-3,6,11,14,17H,4-5,7-8H2,1H3,(H,18,19). The lowest BCUT2D eigenvalue weighted by Crippen LogP contribution is -2.37. The van der Waals surface area contributed by atoms with Crippen LogP contribution in [0.4, 0.5) is 0 Å². The second kappa shape index (κ2) is 7.27. The van der Waals surface area contributed by atoms with E-state index in [1.807, 2.05) is 12.1 Å². The van der Waals surface area contributed by atoms with Crippen molar-refractivity contribution in [1.82, 2.24) is 10.6 Å². The van der Waals surface area contributed by atoms with Gasteiger partial charge in [0.05, 0.1) is 22.8 Å². The van der Waals surface area contributed by atoms with Gasteiger partial charge < -0.3 is 15.4 Å². The second-order valence-corrected chi connectivity index (χ2v) is 5.64. The maximum absolute atomic E-state index is 11.1. The number of benzene rings is 1. The van der Waals surface area contributed by atoms with Gasteiger partial charge in [0.15, 0.2) is 0 Å². The largest absolute Gasteiger partial charge is 0.374 e. The first kappa shape index (κ1) is 15.6. The summed E-state index contributed by atoms with van der Waals surface area (Å²) in [5.74, 6) is 0.0674. The lowest BCUT2D eigenvalue weighted by molar-refractivity contribution is -0.119. The molecule has 1 aliphatic heterocycles. The fourth-order valence-electron chi connectivity index (χ4n) is 2.31. The minimum atomic E-state index is -0.0776. The van der Waals surface area contributed by atoms with Crippen LogP contribution >= 0.6 is 23.2 Å². The van der Waals surface area contributed by atoms with Crippen molar-refractivity contribution in [3.8, 4) is 0 Å². The van der Waals surface area contributed by atoms with Crippen LogP contribution in [0.1, 0.15) is 18.4 Å². The van der Waals surface area contributed by atoms with Crippen LogP contribution in [0.25, 0.3) is 0 Å². The molecule has 0 radical (unpaired) electrons. The van der Waals surface area contributed by atoms with Crippen molar-refractivity contribution in [3.63, 3.8) is 0 Å². The molecule has 2 N–H and O–H groups in total. The highest BCUT2D eigenvalue weighted by Crippen LogP contribution is 2.29. The van der Waals surface area contributed by atoms with Gasteiger partial charge in [-0.3, -0.25) is 4.79 Å². The Hall–Kier alpha value is -0.810. The van der Waals surface area contributed by atoms with E-state index in [0.29, 0.717) is 23.2 Å². The highest BCUT2D eigenvalue weighted by atomic mass is 35.5. The molecule has 1 amide bonds. The maximum Gasteiger partial charge on any atom is 0.216 e. The van der Waals surface area contributed by atoms with Crippen molar-refractivity contribution >= 4 is 29.1 Å². The molecule has 20 heavy (non-hydrogen) atoms. The van der Waals surface area contributed by atoms with Crippen molar-refractivity contribution in [2.75, 3.05) is 26.2 Å². The molecule has 2 unspecified atom stereocenters. The van der Waals surface area contributed by atoms with Gasteiger partial charge in [-0.05, 0) is 17.7 Å². The van der Waals surface area contributed by atoms with Gasteiger partial charge in [0.25, 0.3) is 0 Å².